The van der Waals surface area contributed by atoms with E-state index in [9.17, 15) is 36.6 Å². The van der Waals surface area contributed by atoms with Crippen LogP contribution in [0.15, 0.2) is 35.3 Å². The van der Waals surface area contributed by atoms with Crippen molar-refractivity contribution in [2.75, 3.05) is 18.0 Å². The number of nitrogens with zero attached hydrogens (tertiary/aromatic N) is 3. The Bertz CT molecular complexity index is 1420. The zero-order chi connectivity index (χ0) is 27.3. The maximum absolute atomic E-state index is 14.9. The van der Waals surface area contributed by atoms with E-state index in [4.69, 9.17) is 11.6 Å². The molecule has 1 saturated heterocycles. The molecule has 4 rings (SSSR count). The smallest absolute Gasteiger partial charge is 0.391 e. The first-order valence-corrected chi connectivity index (χ1v) is 11.6. The summed E-state index contributed by atoms with van der Waals surface area (Å²) in [7, 11) is 0. The topological polar surface area (TPSA) is 87.5 Å². The quantitative estimate of drug-likeness (QED) is 0.467. The highest BCUT2D eigenvalue weighted by molar-refractivity contribution is 6.32. The van der Waals surface area contributed by atoms with Crippen LogP contribution in [0.25, 0.3) is 16.7 Å². The van der Waals surface area contributed by atoms with Gasteiger partial charge < -0.3 is 15.3 Å². The lowest BCUT2D eigenvalue weighted by atomic mass is 9.99. The van der Waals surface area contributed by atoms with Crippen molar-refractivity contribution in [2.24, 2.45) is 0 Å². The molecule has 0 spiro atoms. The van der Waals surface area contributed by atoms with Crippen LogP contribution in [0.2, 0.25) is 5.02 Å². The van der Waals surface area contributed by atoms with E-state index in [2.05, 4.69) is 10.3 Å². The van der Waals surface area contributed by atoms with Crippen molar-refractivity contribution in [1.29, 1.82) is 0 Å². The summed E-state index contributed by atoms with van der Waals surface area (Å²) in [6, 6.07) is 4.20. The minimum atomic E-state index is -4.59. The fraction of sp³-hybridized carbons (Fsp3) is 0.375. The Balaban J connectivity index is 1.91. The number of pyridine rings is 2. The molecule has 1 atom stereocenters. The lowest BCUT2D eigenvalue weighted by Gasteiger charge is -2.27. The highest BCUT2D eigenvalue weighted by atomic mass is 35.5. The second-order valence-corrected chi connectivity index (χ2v) is 9.93. The van der Waals surface area contributed by atoms with Crippen molar-refractivity contribution >= 4 is 34.4 Å². The number of β-amino-alcohol motifs (C(OH)–C–C–N with tert-alkyl or cyclic N) is 1. The summed E-state index contributed by atoms with van der Waals surface area (Å²) in [6.45, 7) is 3.02. The summed E-state index contributed by atoms with van der Waals surface area (Å²) in [5.74, 6) is -2.87. The van der Waals surface area contributed by atoms with Crippen LogP contribution in [-0.2, 0) is 0 Å². The lowest BCUT2D eigenvalue weighted by molar-refractivity contribution is -0.146. The number of nitrogens with one attached hydrogen (secondary N) is 1. The maximum Gasteiger partial charge on any atom is 0.391 e. The second-order valence-electron chi connectivity index (χ2n) is 9.52. The molecular formula is C24H22ClF5N4O3. The molecule has 3 heterocycles. The zero-order valence-corrected chi connectivity index (χ0v) is 20.4. The largest absolute Gasteiger partial charge is 0.391 e. The van der Waals surface area contributed by atoms with Crippen LogP contribution in [0, 0.1) is 11.6 Å². The monoisotopic (exact) mass is 544 g/mol. The number of aliphatic hydroxyl groups excluding tert-OH is 1. The molecule has 2 N–H and O–H groups in total. The van der Waals surface area contributed by atoms with Gasteiger partial charge in [-0.25, -0.2) is 13.8 Å². The standard InChI is InChI=1S/C24H22ClF5N4O3/c1-23(2,11-24(28,29)30)32-22(37)15-10-34(19-16(25)7-12(26)8-17(19)27)21-14(20(15)36)3-4-18(31-21)33-6-5-13(35)9-33/h3-4,7-8,10,13,35H,5-6,9,11H2,1-2H3,(H,32,37). The third-order valence-corrected chi connectivity index (χ3v) is 6.17. The summed E-state index contributed by atoms with van der Waals surface area (Å²) in [5.41, 5.74) is -3.75. The van der Waals surface area contributed by atoms with Gasteiger partial charge in [0.2, 0.25) is 5.43 Å². The number of benzene rings is 1. The van der Waals surface area contributed by atoms with Gasteiger partial charge in [-0.05, 0) is 38.5 Å². The average Bonchev–Trinajstić information content (AvgIpc) is 3.18. The van der Waals surface area contributed by atoms with Gasteiger partial charge in [0.25, 0.3) is 5.91 Å². The normalized spacial score (nSPS) is 16.5. The Hall–Kier alpha value is -3.25. The highest BCUT2D eigenvalue weighted by Gasteiger charge is 2.38. The van der Waals surface area contributed by atoms with Gasteiger partial charge in [-0.1, -0.05) is 11.6 Å². The van der Waals surface area contributed by atoms with Crippen LogP contribution in [0.3, 0.4) is 0 Å². The Morgan fingerprint density at radius 2 is 1.95 bits per heavy atom. The van der Waals surface area contributed by atoms with Gasteiger partial charge >= 0.3 is 6.18 Å². The van der Waals surface area contributed by atoms with Gasteiger partial charge in [-0.15, -0.1) is 0 Å². The van der Waals surface area contributed by atoms with Crippen LogP contribution < -0.4 is 15.6 Å². The number of carbonyl (C=O) groups is 1. The van der Waals surface area contributed by atoms with Crippen LogP contribution in [-0.4, -0.2) is 51.5 Å². The summed E-state index contributed by atoms with van der Waals surface area (Å²) < 4.78 is 68.6. The van der Waals surface area contributed by atoms with Crippen molar-refractivity contribution in [1.82, 2.24) is 14.9 Å². The molecule has 1 unspecified atom stereocenters. The zero-order valence-electron chi connectivity index (χ0n) is 19.7. The lowest BCUT2D eigenvalue weighted by Crippen LogP contribution is -2.47. The molecule has 0 saturated carbocycles. The van der Waals surface area contributed by atoms with E-state index in [0.717, 1.165) is 30.7 Å². The third kappa shape index (κ3) is 5.69. The Kier molecular flexibility index (Phi) is 6.93. The summed E-state index contributed by atoms with van der Waals surface area (Å²) in [6.07, 6.45) is -5.14. The van der Waals surface area contributed by atoms with E-state index in [1.54, 1.807) is 4.90 Å². The molecule has 7 nitrogen and oxygen atoms in total. The van der Waals surface area contributed by atoms with Crippen molar-refractivity contribution in [2.45, 2.75) is 44.5 Å². The van der Waals surface area contributed by atoms with Crippen LogP contribution in [0.4, 0.5) is 27.8 Å². The Labute approximate surface area is 212 Å². The average molecular weight is 545 g/mol. The Morgan fingerprint density at radius 1 is 1.24 bits per heavy atom. The van der Waals surface area contributed by atoms with E-state index in [-0.39, 0.29) is 17.6 Å². The second kappa shape index (κ2) is 9.56. The van der Waals surface area contributed by atoms with Gasteiger partial charge in [0.1, 0.15) is 22.9 Å². The number of halogens is 6. The molecule has 2 aromatic heterocycles. The molecule has 0 radical (unpaired) electrons. The van der Waals surface area contributed by atoms with Crippen molar-refractivity contribution in [3.8, 4) is 5.69 Å². The van der Waals surface area contributed by atoms with Crippen LogP contribution >= 0.6 is 11.6 Å². The first-order valence-electron chi connectivity index (χ1n) is 11.2. The predicted octanol–water partition coefficient (Wildman–Crippen LogP) is 4.35. The fourth-order valence-electron chi connectivity index (χ4n) is 4.34. The minimum Gasteiger partial charge on any atom is -0.391 e. The van der Waals surface area contributed by atoms with E-state index >= 15 is 0 Å². The van der Waals surface area contributed by atoms with Crippen molar-refractivity contribution in [3.05, 3.63) is 62.9 Å². The van der Waals surface area contributed by atoms with Gasteiger partial charge in [0.05, 0.1) is 22.9 Å². The molecule has 198 valence electrons. The molecule has 0 aliphatic carbocycles. The molecule has 0 bridgehead atoms. The van der Waals surface area contributed by atoms with Gasteiger partial charge in [-0.3, -0.25) is 14.2 Å². The number of aliphatic hydroxyl groups is 1. The molecule has 1 amide bonds. The molecular weight excluding hydrogens is 523 g/mol. The van der Waals surface area contributed by atoms with Crippen molar-refractivity contribution in [3.63, 3.8) is 0 Å². The number of alkyl halides is 3. The van der Waals surface area contributed by atoms with E-state index in [1.807, 2.05) is 0 Å². The van der Waals surface area contributed by atoms with Crippen LogP contribution in [0.1, 0.15) is 37.0 Å². The molecule has 1 fully saturated rings. The van der Waals surface area contributed by atoms with Crippen molar-refractivity contribution < 1.29 is 31.9 Å². The number of hydrogen-bond acceptors (Lipinski definition) is 5. The van der Waals surface area contributed by atoms with Gasteiger partial charge in [0.15, 0.2) is 11.5 Å². The number of rotatable bonds is 5. The fourth-order valence-corrected chi connectivity index (χ4v) is 4.62. The van der Waals surface area contributed by atoms with Crippen LogP contribution in [0.5, 0.6) is 0 Å². The molecule has 1 aliphatic heterocycles. The van der Waals surface area contributed by atoms with Gasteiger partial charge in [-0.2, -0.15) is 13.2 Å². The number of aromatic nitrogens is 2. The SMILES string of the molecule is CC(C)(CC(F)(F)F)NC(=O)c1cn(-c2c(F)cc(F)cc2Cl)c2nc(N3CCC(O)C3)ccc2c1=O. The molecule has 3 aromatic rings. The summed E-state index contributed by atoms with van der Waals surface area (Å²) >= 11 is 6.13. The van der Waals surface area contributed by atoms with Gasteiger partial charge in [0, 0.05) is 30.9 Å². The third-order valence-electron chi connectivity index (χ3n) is 5.88. The highest BCUT2D eigenvalue weighted by Crippen LogP contribution is 2.30. The maximum atomic E-state index is 14.9. The van der Waals surface area contributed by atoms with E-state index < -0.39 is 63.5 Å². The number of anilines is 1. The first-order chi connectivity index (χ1) is 17.1. The molecule has 1 aliphatic rings. The number of carbonyl (C=O) groups excluding carboxylic acids is 1. The predicted molar refractivity (Wildman–Crippen MR) is 127 cm³/mol. The molecule has 1 aromatic carbocycles. The first kappa shape index (κ1) is 26.8. The Morgan fingerprint density at radius 3 is 2.54 bits per heavy atom. The summed E-state index contributed by atoms with van der Waals surface area (Å²) in [4.78, 5) is 32.4. The minimum absolute atomic E-state index is 0.123. The van der Waals surface area contributed by atoms with E-state index in [0.29, 0.717) is 24.8 Å². The molecule has 13 heteroatoms. The number of hydrogen-bond donors (Lipinski definition) is 2. The summed E-state index contributed by atoms with van der Waals surface area (Å²) in [5, 5.41) is 11.5. The molecule has 37 heavy (non-hydrogen) atoms. The number of amides is 1. The number of fused-ring (bicyclic) bond motifs is 1. The van der Waals surface area contributed by atoms with E-state index in [1.165, 1.54) is 12.1 Å².